The van der Waals surface area contributed by atoms with Crippen LogP contribution >= 0.6 is 0 Å². The largest absolute Gasteiger partial charge is 0.394 e. The van der Waals surface area contributed by atoms with Gasteiger partial charge in [0.2, 0.25) is 5.95 Å². The second-order valence-corrected chi connectivity index (χ2v) is 4.71. The van der Waals surface area contributed by atoms with Crippen molar-refractivity contribution in [2.24, 2.45) is 5.84 Å². The zero-order valence-corrected chi connectivity index (χ0v) is 10.8. The van der Waals surface area contributed by atoms with Gasteiger partial charge >= 0.3 is 0 Å². The molecule has 6 heteroatoms. The monoisotopic (exact) mass is 251 g/mol. The minimum absolute atomic E-state index is 0.146. The summed E-state index contributed by atoms with van der Waals surface area (Å²) >= 11 is 0. The Labute approximate surface area is 107 Å². The van der Waals surface area contributed by atoms with Crippen molar-refractivity contribution in [1.29, 1.82) is 0 Å². The lowest BCUT2D eigenvalue weighted by molar-refractivity contribution is 0.254. The molecule has 0 aliphatic carbocycles. The molecule has 1 unspecified atom stereocenters. The Kier molecular flexibility index (Phi) is 4.33. The standard InChI is InChI=1S/C12H21N5O/c1-9-7-11(15-12(14-9)16-13)17-6-4-2-3-5-10(17)8-18/h7,10,18H,2-6,8,13H2,1H3,(H,14,15,16). The third kappa shape index (κ3) is 2.88. The highest BCUT2D eigenvalue weighted by molar-refractivity contribution is 5.45. The Bertz CT molecular complexity index is 398. The van der Waals surface area contributed by atoms with Gasteiger partial charge in [0.25, 0.3) is 0 Å². The van der Waals surface area contributed by atoms with Crippen LogP contribution in [0.2, 0.25) is 0 Å². The number of anilines is 2. The van der Waals surface area contributed by atoms with Gasteiger partial charge in [0.1, 0.15) is 5.82 Å². The molecule has 1 atom stereocenters. The zero-order chi connectivity index (χ0) is 13.0. The van der Waals surface area contributed by atoms with E-state index >= 15 is 0 Å². The van der Waals surface area contributed by atoms with Crippen molar-refractivity contribution in [3.8, 4) is 0 Å². The van der Waals surface area contributed by atoms with Crippen molar-refractivity contribution >= 4 is 11.8 Å². The maximum absolute atomic E-state index is 9.52. The minimum atomic E-state index is 0.146. The molecule has 4 N–H and O–H groups in total. The first kappa shape index (κ1) is 13.0. The normalized spacial score (nSPS) is 20.6. The quantitative estimate of drug-likeness (QED) is 0.544. The van der Waals surface area contributed by atoms with Gasteiger partial charge in [-0.2, -0.15) is 4.98 Å². The maximum atomic E-state index is 9.52. The van der Waals surface area contributed by atoms with Crippen LogP contribution in [0, 0.1) is 6.92 Å². The molecule has 1 saturated heterocycles. The predicted molar refractivity (Wildman–Crippen MR) is 71.3 cm³/mol. The summed E-state index contributed by atoms with van der Waals surface area (Å²) in [6.45, 7) is 3.00. The molecule has 2 heterocycles. The molecule has 18 heavy (non-hydrogen) atoms. The Morgan fingerprint density at radius 3 is 3.00 bits per heavy atom. The van der Waals surface area contributed by atoms with Crippen LogP contribution in [-0.2, 0) is 0 Å². The minimum Gasteiger partial charge on any atom is -0.394 e. The lowest BCUT2D eigenvalue weighted by Crippen LogP contribution is -2.38. The Morgan fingerprint density at radius 1 is 1.44 bits per heavy atom. The maximum Gasteiger partial charge on any atom is 0.239 e. The van der Waals surface area contributed by atoms with Crippen molar-refractivity contribution in [3.05, 3.63) is 11.8 Å². The van der Waals surface area contributed by atoms with Crippen LogP contribution in [-0.4, -0.2) is 34.3 Å². The number of aliphatic hydroxyl groups is 1. The fourth-order valence-corrected chi connectivity index (χ4v) is 2.43. The van der Waals surface area contributed by atoms with E-state index in [4.69, 9.17) is 5.84 Å². The average molecular weight is 251 g/mol. The van der Waals surface area contributed by atoms with Crippen molar-refractivity contribution < 1.29 is 5.11 Å². The highest BCUT2D eigenvalue weighted by Crippen LogP contribution is 2.23. The van der Waals surface area contributed by atoms with Crippen molar-refractivity contribution in [1.82, 2.24) is 9.97 Å². The molecule has 1 aromatic rings. The van der Waals surface area contributed by atoms with E-state index < -0.39 is 0 Å². The van der Waals surface area contributed by atoms with Crippen molar-refractivity contribution in [2.45, 2.75) is 38.6 Å². The van der Waals surface area contributed by atoms with Crippen LogP contribution in [0.15, 0.2) is 6.07 Å². The van der Waals surface area contributed by atoms with Gasteiger partial charge in [0.15, 0.2) is 0 Å². The number of hydrogen-bond acceptors (Lipinski definition) is 6. The van der Waals surface area contributed by atoms with E-state index in [0.717, 1.165) is 37.3 Å². The molecule has 0 bridgehead atoms. The highest BCUT2D eigenvalue weighted by atomic mass is 16.3. The predicted octanol–water partition coefficient (Wildman–Crippen LogP) is 0.812. The molecule has 1 aliphatic heterocycles. The summed E-state index contributed by atoms with van der Waals surface area (Å²) in [6.07, 6.45) is 4.50. The van der Waals surface area contributed by atoms with Crippen LogP contribution in [0.4, 0.5) is 11.8 Å². The third-order valence-corrected chi connectivity index (χ3v) is 3.35. The molecule has 1 aliphatic rings. The molecule has 100 valence electrons. The number of nitrogens with two attached hydrogens (primary N) is 1. The van der Waals surface area contributed by atoms with Gasteiger partial charge in [0, 0.05) is 18.3 Å². The summed E-state index contributed by atoms with van der Waals surface area (Å²) in [5, 5.41) is 9.52. The van der Waals surface area contributed by atoms with Crippen LogP contribution in [0.1, 0.15) is 31.4 Å². The van der Waals surface area contributed by atoms with E-state index in [9.17, 15) is 5.11 Å². The Balaban J connectivity index is 2.29. The van der Waals surface area contributed by atoms with Crippen LogP contribution < -0.4 is 16.2 Å². The van der Waals surface area contributed by atoms with Crippen LogP contribution in [0.3, 0.4) is 0 Å². The molecule has 2 rings (SSSR count). The summed E-state index contributed by atoms with van der Waals surface area (Å²) in [7, 11) is 0. The van der Waals surface area contributed by atoms with E-state index in [0.29, 0.717) is 5.95 Å². The molecule has 0 saturated carbocycles. The van der Waals surface area contributed by atoms with Gasteiger partial charge in [-0.1, -0.05) is 12.8 Å². The second kappa shape index (κ2) is 5.97. The number of hydrazine groups is 1. The van der Waals surface area contributed by atoms with E-state index in [1.807, 2.05) is 13.0 Å². The van der Waals surface area contributed by atoms with Crippen molar-refractivity contribution in [2.75, 3.05) is 23.5 Å². The number of rotatable bonds is 3. The fraction of sp³-hybridized carbons (Fsp3) is 0.667. The summed E-state index contributed by atoms with van der Waals surface area (Å²) in [6, 6.07) is 2.09. The van der Waals surface area contributed by atoms with Crippen LogP contribution in [0.25, 0.3) is 0 Å². The van der Waals surface area contributed by atoms with Crippen LogP contribution in [0.5, 0.6) is 0 Å². The molecular weight excluding hydrogens is 230 g/mol. The number of aryl methyl sites for hydroxylation is 1. The second-order valence-electron chi connectivity index (χ2n) is 4.71. The number of hydrogen-bond donors (Lipinski definition) is 3. The molecule has 1 aromatic heterocycles. The average Bonchev–Trinajstić information content (AvgIpc) is 2.62. The summed E-state index contributed by atoms with van der Waals surface area (Å²) in [4.78, 5) is 10.7. The molecule has 0 radical (unpaired) electrons. The molecule has 0 amide bonds. The van der Waals surface area contributed by atoms with E-state index in [1.165, 1.54) is 6.42 Å². The van der Waals surface area contributed by atoms with Crippen molar-refractivity contribution in [3.63, 3.8) is 0 Å². The van der Waals surface area contributed by atoms with E-state index in [-0.39, 0.29) is 12.6 Å². The zero-order valence-electron chi connectivity index (χ0n) is 10.8. The first-order valence-electron chi connectivity index (χ1n) is 6.44. The molecular formula is C12H21N5O. The van der Waals surface area contributed by atoms with Gasteiger partial charge in [0.05, 0.1) is 12.6 Å². The number of aliphatic hydroxyl groups excluding tert-OH is 1. The summed E-state index contributed by atoms with van der Waals surface area (Å²) in [5.41, 5.74) is 3.35. The Morgan fingerprint density at radius 2 is 2.28 bits per heavy atom. The van der Waals surface area contributed by atoms with Gasteiger partial charge in [-0.3, -0.25) is 5.43 Å². The topological polar surface area (TPSA) is 87.3 Å². The lowest BCUT2D eigenvalue weighted by Gasteiger charge is -2.30. The summed E-state index contributed by atoms with van der Waals surface area (Å²) in [5.74, 6) is 6.64. The third-order valence-electron chi connectivity index (χ3n) is 3.35. The van der Waals surface area contributed by atoms with Gasteiger partial charge in [-0.25, -0.2) is 10.8 Å². The van der Waals surface area contributed by atoms with Gasteiger partial charge < -0.3 is 10.0 Å². The summed E-state index contributed by atoms with van der Waals surface area (Å²) < 4.78 is 0. The number of nitrogens with one attached hydrogen (secondary N) is 1. The smallest absolute Gasteiger partial charge is 0.239 e. The fourth-order valence-electron chi connectivity index (χ4n) is 2.43. The van der Waals surface area contributed by atoms with Gasteiger partial charge in [-0.05, 0) is 19.8 Å². The first-order chi connectivity index (χ1) is 8.74. The molecule has 0 spiro atoms. The number of nitrogen functional groups attached to an aromatic ring is 1. The molecule has 1 fully saturated rings. The number of nitrogens with zero attached hydrogens (tertiary/aromatic N) is 3. The highest BCUT2D eigenvalue weighted by Gasteiger charge is 2.22. The first-order valence-corrected chi connectivity index (χ1v) is 6.44. The van der Waals surface area contributed by atoms with E-state index in [1.54, 1.807) is 0 Å². The molecule has 6 nitrogen and oxygen atoms in total. The number of aromatic nitrogens is 2. The van der Waals surface area contributed by atoms with E-state index in [2.05, 4.69) is 20.3 Å². The van der Waals surface area contributed by atoms with Gasteiger partial charge in [-0.15, -0.1) is 0 Å². The Hall–Kier alpha value is -1.40. The molecule has 0 aromatic carbocycles. The lowest BCUT2D eigenvalue weighted by atomic mass is 10.1. The SMILES string of the molecule is Cc1cc(N2CCCCCC2CO)nc(NN)n1.